The van der Waals surface area contributed by atoms with E-state index in [1.165, 1.54) is 32.1 Å². The van der Waals surface area contributed by atoms with Gasteiger partial charge >= 0.3 is 0 Å². The lowest BCUT2D eigenvalue weighted by Crippen LogP contribution is -2.54. The molecular weight excluding hydrogens is 264 g/mol. The Bertz CT molecular complexity index is 495. The third-order valence-electron chi connectivity index (χ3n) is 4.87. The van der Waals surface area contributed by atoms with Crippen LogP contribution >= 0.6 is 0 Å². The molecule has 1 heterocycles. The van der Waals surface area contributed by atoms with Crippen LogP contribution < -0.4 is 15.8 Å². The molecule has 3 rings (SSSR count). The Hall–Kier alpha value is -1.49. The number of likely N-dealkylation sites (N-methyl/N-ethyl adjacent to an activating group) is 1. The highest BCUT2D eigenvalue weighted by molar-refractivity contribution is 5.53. The van der Waals surface area contributed by atoms with Crippen LogP contribution in [0.25, 0.3) is 0 Å². The van der Waals surface area contributed by atoms with Crippen LogP contribution in [0.4, 0.5) is 11.5 Å². The maximum atomic E-state index is 5.94. The third kappa shape index (κ3) is 3.23. The molecule has 0 amide bonds. The fourth-order valence-corrected chi connectivity index (χ4v) is 2.77. The number of nitrogens with one attached hydrogen (secondary N) is 1. The summed E-state index contributed by atoms with van der Waals surface area (Å²) in [6.07, 6.45) is 6.33. The molecule has 2 fully saturated rings. The van der Waals surface area contributed by atoms with Crippen molar-refractivity contribution in [3.63, 3.8) is 0 Å². The second kappa shape index (κ2) is 5.72. The highest BCUT2D eigenvalue weighted by Crippen LogP contribution is 2.36. The van der Waals surface area contributed by atoms with Gasteiger partial charge in [-0.3, -0.25) is 0 Å². The molecule has 116 valence electrons. The van der Waals surface area contributed by atoms with E-state index < -0.39 is 0 Å². The lowest BCUT2D eigenvalue weighted by atomic mass is 9.75. The SMILES string of the molecule is CN(C)C1(CNc2ccc(N)c(OCC3CC3)n2)CCC1. The average Bonchev–Trinajstić information content (AvgIpc) is 3.21. The number of ether oxygens (including phenoxy) is 1. The second-order valence-corrected chi connectivity index (χ2v) is 6.67. The summed E-state index contributed by atoms with van der Waals surface area (Å²) in [5, 5.41) is 3.45. The van der Waals surface area contributed by atoms with Gasteiger partial charge in [0.05, 0.1) is 12.3 Å². The minimum Gasteiger partial charge on any atom is -0.476 e. The molecule has 0 atom stereocenters. The molecule has 0 radical (unpaired) electrons. The van der Waals surface area contributed by atoms with E-state index in [9.17, 15) is 0 Å². The van der Waals surface area contributed by atoms with Crippen molar-refractivity contribution in [1.82, 2.24) is 9.88 Å². The van der Waals surface area contributed by atoms with Crippen LogP contribution in [0.3, 0.4) is 0 Å². The first kappa shape index (κ1) is 14.4. The van der Waals surface area contributed by atoms with Gasteiger partial charge in [0.15, 0.2) is 0 Å². The van der Waals surface area contributed by atoms with Crippen LogP contribution in [0.5, 0.6) is 5.88 Å². The summed E-state index contributed by atoms with van der Waals surface area (Å²) in [6.45, 7) is 1.65. The van der Waals surface area contributed by atoms with Crippen LogP contribution in [0.1, 0.15) is 32.1 Å². The smallest absolute Gasteiger partial charge is 0.239 e. The predicted molar refractivity (Wildman–Crippen MR) is 85.6 cm³/mol. The maximum absolute atomic E-state index is 5.94. The van der Waals surface area contributed by atoms with Crippen molar-refractivity contribution in [3.05, 3.63) is 12.1 Å². The zero-order valence-corrected chi connectivity index (χ0v) is 13.1. The van der Waals surface area contributed by atoms with Gasteiger partial charge in [0.25, 0.3) is 0 Å². The minimum atomic E-state index is 0.276. The lowest BCUT2D eigenvalue weighted by Gasteiger charge is -2.47. The van der Waals surface area contributed by atoms with Gasteiger partial charge in [0.1, 0.15) is 5.82 Å². The van der Waals surface area contributed by atoms with Gasteiger partial charge in [-0.15, -0.1) is 0 Å². The number of pyridine rings is 1. The number of hydrogen-bond donors (Lipinski definition) is 2. The fourth-order valence-electron chi connectivity index (χ4n) is 2.77. The first-order valence-corrected chi connectivity index (χ1v) is 7.90. The Morgan fingerprint density at radius 2 is 2.14 bits per heavy atom. The van der Waals surface area contributed by atoms with Crippen LogP contribution in [-0.2, 0) is 0 Å². The Morgan fingerprint density at radius 3 is 2.71 bits per heavy atom. The van der Waals surface area contributed by atoms with Crippen molar-refractivity contribution in [2.45, 2.75) is 37.6 Å². The van der Waals surface area contributed by atoms with Crippen LogP contribution in [0.2, 0.25) is 0 Å². The highest BCUT2D eigenvalue weighted by Gasteiger charge is 2.38. The first-order valence-electron chi connectivity index (χ1n) is 7.90. The first-order chi connectivity index (χ1) is 10.1. The zero-order chi connectivity index (χ0) is 14.9. The molecule has 3 N–H and O–H groups in total. The standard InChI is InChI=1S/C16H26N4O/c1-20(2)16(8-3-9-16)11-18-14-7-6-13(17)15(19-14)21-10-12-4-5-12/h6-7,12H,3-5,8-11,17H2,1-2H3,(H,18,19). The lowest BCUT2D eigenvalue weighted by molar-refractivity contribution is 0.0738. The van der Waals surface area contributed by atoms with Crippen molar-refractivity contribution in [2.24, 2.45) is 5.92 Å². The third-order valence-corrected chi connectivity index (χ3v) is 4.87. The minimum absolute atomic E-state index is 0.276. The van der Waals surface area contributed by atoms with E-state index >= 15 is 0 Å². The van der Waals surface area contributed by atoms with E-state index in [0.29, 0.717) is 17.5 Å². The van der Waals surface area contributed by atoms with E-state index in [1.807, 2.05) is 12.1 Å². The summed E-state index contributed by atoms with van der Waals surface area (Å²) in [5.74, 6) is 2.12. The average molecular weight is 290 g/mol. The van der Waals surface area contributed by atoms with Crippen LogP contribution in [-0.4, -0.2) is 42.7 Å². The monoisotopic (exact) mass is 290 g/mol. The normalized spacial score (nSPS) is 20.1. The van der Waals surface area contributed by atoms with Gasteiger partial charge in [0.2, 0.25) is 5.88 Å². The van der Waals surface area contributed by atoms with Crippen molar-refractivity contribution >= 4 is 11.5 Å². The summed E-state index contributed by atoms with van der Waals surface area (Å²) in [6, 6.07) is 3.81. The van der Waals surface area contributed by atoms with Gasteiger partial charge in [-0.1, -0.05) is 0 Å². The van der Waals surface area contributed by atoms with Crippen molar-refractivity contribution in [3.8, 4) is 5.88 Å². The molecule has 2 saturated carbocycles. The van der Waals surface area contributed by atoms with Crippen LogP contribution in [0, 0.1) is 5.92 Å². The van der Waals surface area contributed by atoms with Gasteiger partial charge in [-0.05, 0) is 64.3 Å². The van der Waals surface area contributed by atoms with E-state index in [2.05, 4.69) is 29.3 Å². The molecule has 1 aromatic heterocycles. The van der Waals surface area contributed by atoms with E-state index in [-0.39, 0.29) is 5.54 Å². The number of rotatable bonds is 7. The van der Waals surface area contributed by atoms with Gasteiger partial charge < -0.3 is 20.7 Å². The Kier molecular flexibility index (Phi) is 3.93. The largest absolute Gasteiger partial charge is 0.476 e. The van der Waals surface area contributed by atoms with E-state index in [4.69, 9.17) is 10.5 Å². The number of nitrogens with two attached hydrogens (primary N) is 1. The topological polar surface area (TPSA) is 63.4 Å². The summed E-state index contributed by atoms with van der Waals surface area (Å²) in [7, 11) is 4.31. The quantitative estimate of drug-likeness (QED) is 0.807. The van der Waals surface area contributed by atoms with Gasteiger partial charge in [-0.2, -0.15) is 4.98 Å². The number of nitrogens with zero attached hydrogens (tertiary/aromatic N) is 2. The Balaban J connectivity index is 1.60. The van der Waals surface area contributed by atoms with Gasteiger partial charge in [0, 0.05) is 12.1 Å². The van der Waals surface area contributed by atoms with E-state index in [0.717, 1.165) is 19.0 Å². The fraction of sp³-hybridized carbons (Fsp3) is 0.688. The molecule has 5 nitrogen and oxygen atoms in total. The molecule has 2 aliphatic carbocycles. The molecule has 5 heteroatoms. The predicted octanol–water partition coefficient (Wildman–Crippen LogP) is 2.35. The molecule has 2 aliphatic rings. The maximum Gasteiger partial charge on any atom is 0.239 e. The number of hydrogen-bond acceptors (Lipinski definition) is 5. The second-order valence-electron chi connectivity index (χ2n) is 6.67. The Labute approximate surface area is 126 Å². The van der Waals surface area contributed by atoms with Crippen molar-refractivity contribution < 1.29 is 4.74 Å². The molecule has 0 saturated heterocycles. The van der Waals surface area contributed by atoms with E-state index in [1.54, 1.807) is 0 Å². The zero-order valence-electron chi connectivity index (χ0n) is 13.1. The molecule has 0 aromatic carbocycles. The van der Waals surface area contributed by atoms with Crippen LogP contribution in [0.15, 0.2) is 12.1 Å². The number of anilines is 2. The molecule has 1 aromatic rings. The molecule has 0 unspecified atom stereocenters. The molecule has 0 spiro atoms. The summed E-state index contributed by atoms with van der Waals surface area (Å²) in [5.41, 5.74) is 6.83. The van der Waals surface area contributed by atoms with Gasteiger partial charge in [-0.25, -0.2) is 0 Å². The molecule has 21 heavy (non-hydrogen) atoms. The summed E-state index contributed by atoms with van der Waals surface area (Å²) in [4.78, 5) is 6.84. The molecule has 0 aliphatic heterocycles. The van der Waals surface area contributed by atoms with Crippen molar-refractivity contribution in [2.75, 3.05) is 38.3 Å². The molecule has 0 bridgehead atoms. The number of nitrogen functional groups attached to an aromatic ring is 1. The summed E-state index contributed by atoms with van der Waals surface area (Å²) < 4.78 is 5.73. The molecular formula is C16H26N4O. The summed E-state index contributed by atoms with van der Waals surface area (Å²) >= 11 is 0. The number of aromatic nitrogens is 1. The van der Waals surface area contributed by atoms with Crippen molar-refractivity contribution in [1.29, 1.82) is 0 Å². The Morgan fingerprint density at radius 1 is 1.38 bits per heavy atom. The highest BCUT2D eigenvalue weighted by atomic mass is 16.5.